The van der Waals surface area contributed by atoms with Gasteiger partial charge in [0.05, 0.1) is 41.5 Å². The molecule has 0 unspecified atom stereocenters. The van der Waals surface area contributed by atoms with Crippen LogP contribution < -0.4 is 85.0 Å². The molecule has 2 saturated heterocycles. The number of carboxylic acids is 1. The Morgan fingerprint density at radius 3 is 1.51 bits per heavy atom. The first-order valence-corrected chi connectivity index (χ1v) is 40.0. The van der Waals surface area contributed by atoms with Gasteiger partial charge in [0.2, 0.25) is 53.2 Å². The number of likely N-dealkylation sites (N-methyl/N-ethyl adjacent to an activating group) is 2. The van der Waals surface area contributed by atoms with Crippen LogP contribution in [0.25, 0.3) is 21.5 Å². The third-order valence-corrected chi connectivity index (χ3v) is 21.8. The van der Waals surface area contributed by atoms with E-state index in [1.54, 1.807) is 118 Å². The van der Waals surface area contributed by atoms with Crippen molar-refractivity contribution in [2.45, 2.75) is 167 Å². The minimum Gasteiger partial charge on any atom is -0.503 e. The third-order valence-electron chi connectivity index (χ3n) is 21.8. The number of carbonyl (C=O) groups excluding carboxylic acids is 10. The molecule has 0 saturated carbocycles. The van der Waals surface area contributed by atoms with Crippen LogP contribution in [0.1, 0.15) is 96.9 Å². The fourth-order valence-electron chi connectivity index (χ4n) is 14.6. The second-order valence-electron chi connectivity index (χ2n) is 32.9. The van der Waals surface area contributed by atoms with Crippen molar-refractivity contribution in [3.63, 3.8) is 0 Å². The molecule has 13 rings (SSSR count). The Hall–Kier alpha value is -12.8. The summed E-state index contributed by atoms with van der Waals surface area (Å²) in [6.07, 6.45) is 1.43. The maximum Gasteiger partial charge on any atom is 0.326 e. The standard InChI is InChI=1S/C88H108F2N16O15/c1-48(93-9)77(109)102-75(87(3,4)5)84(116)105-34-32-67-72(105)82(114)99-69(40-53-20-26-55-16-12-14-18-57(55)36-53)81(113)100-70(86(118)119)39-51-23-27-62(28-24-51)120-46-59(91)44-95-66-31-33-106(85(117)76(88(6,7)8)103-78(110)49(2)94-10)73(66)83(115)101-71(107)41-58(37-52-19-25-54-15-11-13-17-56(54)35-52)79(111)98-68(80(112)97-60-42-64(89)74(108)65(90)43-60)38-50-21-29-63(30-22-50)121-47-61(104-92)45-96-67/h11-30,35-36,42-45,48-49,58,66-70,72-73,75-76,93-96,104,108H,31-34,37-41,46-47,91-92H2,1-10H3,(H,97,112)(H,98,111)(H,99,114)(H,100,113)(H,102,109)(H,103,110)(H,118,119)(H,101,107,115)/b59-44-,61-45-/t48-,49-,58+,66+,67+,68-,69-,70-,72-,73-,75+,76+/m0/s1. The number of benzene rings is 7. The van der Waals surface area contributed by atoms with Gasteiger partial charge in [-0.1, -0.05) is 151 Å². The van der Waals surface area contributed by atoms with E-state index in [-0.39, 0.29) is 87.7 Å². The second kappa shape index (κ2) is 40.3. The van der Waals surface area contributed by atoms with Crippen LogP contribution in [-0.4, -0.2) is 192 Å². The maximum atomic E-state index is 15.5. The number of hydrazine groups is 1. The molecule has 4 bridgehead atoms. The minimum atomic E-state index is -1.59. The number of carbonyl (C=O) groups is 11. The molecule has 6 aliphatic rings. The minimum absolute atomic E-state index is 0.0374. The number of fused-ring (bicyclic) bond motifs is 2. The molecule has 2 fully saturated rings. The van der Waals surface area contributed by atoms with E-state index >= 15 is 28.8 Å². The van der Waals surface area contributed by atoms with E-state index in [4.69, 9.17) is 21.1 Å². The Labute approximate surface area is 700 Å². The first-order valence-electron chi connectivity index (χ1n) is 40.0. The average Bonchev–Trinajstić information content (AvgIpc) is 1.66. The number of aromatic hydroxyl groups is 1. The molecule has 6 aliphatic heterocycles. The van der Waals surface area contributed by atoms with Crippen LogP contribution in [0, 0.1) is 28.4 Å². The van der Waals surface area contributed by atoms with E-state index in [2.05, 4.69) is 63.9 Å². The molecule has 644 valence electrons. The molecule has 6 heterocycles. The zero-order chi connectivity index (χ0) is 87.7. The summed E-state index contributed by atoms with van der Waals surface area (Å²) in [5.41, 5.74) is 9.12. The fraction of sp³-hybridized carbons (Fsp3) is 0.398. The zero-order valence-electron chi connectivity index (χ0n) is 69.2. The number of aliphatic carboxylic acids is 1. The zero-order valence-corrected chi connectivity index (χ0v) is 69.2. The fourth-order valence-corrected chi connectivity index (χ4v) is 14.6. The molecule has 121 heavy (non-hydrogen) atoms. The molecule has 0 aromatic heterocycles. The number of phenols is 1. The predicted molar refractivity (Wildman–Crippen MR) is 449 cm³/mol. The number of likely N-dealkylation sites (tertiary alicyclic amines) is 2. The van der Waals surface area contributed by atoms with Crippen LogP contribution in [0.3, 0.4) is 0 Å². The number of nitrogens with two attached hydrogens (primary N) is 2. The molecule has 0 aliphatic carbocycles. The van der Waals surface area contributed by atoms with E-state index in [1.807, 2.05) is 72.8 Å². The number of halogens is 2. The number of nitrogens with zero attached hydrogens (tertiary/aromatic N) is 2. The number of hydrogen-bond acceptors (Lipinski definition) is 21. The van der Waals surface area contributed by atoms with Crippen molar-refractivity contribution in [3.8, 4) is 17.2 Å². The van der Waals surface area contributed by atoms with Crippen molar-refractivity contribution < 1.29 is 81.2 Å². The summed E-state index contributed by atoms with van der Waals surface area (Å²) in [6.45, 7) is 13.0. The largest absolute Gasteiger partial charge is 0.503 e. The van der Waals surface area contributed by atoms with Crippen molar-refractivity contribution in [1.82, 2.24) is 68.4 Å². The summed E-state index contributed by atoms with van der Waals surface area (Å²) in [7, 11) is 3.16. The van der Waals surface area contributed by atoms with Crippen LogP contribution in [0.2, 0.25) is 0 Å². The molecule has 7 aromatic rings. The maximum absolute atomic E-state index is 15.5. The monoisotopic (exact) mass is 1670 g/mol. The SMILES string of the molecule is CN[C@@H](C)C(=O)N[C@H](C(=O)N1CC[C@H]2N/C=C(\N)COc3ccc(cc3)C[C@@H](C(=O)O)NC(=O)[C@H](Cc3ccc4ccccc4c3)NC(=O)[C@@H]3[C@@H](CCN3C(=O)[C@@H](NC(=O)[C@H](C)NC)C(C)(C)C)N/C=C(\NN)COc3ccc(cc3)C[C@@H](C(=O)Nc3cc(F)c(O)c(F)c3)NC(=O)[C@H](Cc3ccc4ccccc4c3)CC(=O)NC(=O)[C@H]21)C(C)(C)C. The first kappa shape index (κ1) is 90.6. The number of anilines is 1. The number of phenolic OH excluding ortho intramolecular Hbond substituents is 1. The molecule has 7 aromatic carbocycles. The van der Waals surface area contributed by atoms with E-state index in [0.717, 1.165) is 21.5 Å². The van der Waals surface area contributed by atoms with Crippen molar-refractivity contribution >= 4 is 92.3 Å². The summed E-state index contributed by atoms with van der Waals surface area (Å²) < 4.78 is 42.2. The number of rotatable bonds is 16. The normalized spacial score (nSPS) is 22.1. The molecule has 0 radical (unpaired) electrons. The Morgan fingerprint density at radius 1 is 0.562 bits per heavy atom. The van der Waals surface area contributed by atoms with Crippen LogP contribution in [-0.2, 0) is 78.4 Å². The van der Waals surface area contributed by atoms with Gasteiger partial charge in [-0.25, -0.2) is 13.6 Å². The van der Waals surface area contributed by atoms with Crippen LogP contribution in [0.4, 0.5) is 14.5 Å². The van der Waals surface area contributed by atoms with Crippen LogP contribution in [0.5, 0.6) is 17.2 Å². The highest BCUT2D eigenvalue weighted by Crippen LogP contribution is 2.32. The van der Waals surface area contributed by atoms with Gasteiger partial charge in [0.15, 0.2) is 17.4 Å². The molecule has 31 nitrogen and oxygen atoms in total. The molecule has 10 amide bonds. The van der Waals surface area contributed by atoms with E-state index in [0.29, 0.717) is 34.4 Å². The molecule has 0 spiro atoms. The number of imide groups is 1. The van der Waals surface area contributed by atoms with Crippen molar-refractivity contribution in [2.24, 2.45) is 28.3 Å². The quantitative estimate of drug-likeness (QED) is 0.0277. The predicted octanol–water partition coefficient (Wildman–Crippen LogP) is 4.35. The number of carboxylic acid groups (broad SMARTS) is 1. The van der Waals surface area contributed by atoms with Gasteiger partial charge in [0, 0.05) is 69.0 Å². The number of nitrogens with one attached hydrogen (secondary N) is 12. The lowest BCUT2D eigenvalue weighted by Crippen LogP contribution is -2.63. The van der Waals surface area contributed by atoms with Gasteiger partial charge in [-0.05, 0) is 126 Å². The van der Waals surface area contributed by atoms with Gasteiger partial charge >= 0.3 is 5.97 Å². The molecule has 18 N–H and O–H groups in total. The lowest BCUT2D eigenvalue weighted by Gasteiger charge is -2.37. The highest BCUT2D eigenvalue weighted by atomic mass is 19.1. The lowest BCUT2D eigenvalue weighted by atomic mass is 9.85. The van der Waals surface area contributed by atoms with Gasteiger partial charge in [-0.3, -0.25) is 59.1 Å². The summed E-state index contributed by atoms with van der Waals surface area (Å²) in [5.74, 6) is -8.08. The molecular formula is C88H108F2N16O15. The first-order chi connectivity index (χ1) is 57.5. The van der Waals surface area contributed by atoms with Gasteiger partial charge in [-0.15, -0.1) is 0 Å². The summed E-state index contributed by atoms with van der Waals surface area (Å²) in [4.78, 5) is 164. The van der Waals surface area contributed by atoms with E-state index in [1.165, 1.54) is 34.3 Å². The molecule has 12 atom stereocenters. The highest BCUT2D eigenvalue weighted by molar-refractivity contribution is 6.03. The Bertz CT molecular complexity index is 5020. The number of amides is 10. The van der Waals surface area contributed by atoms with Crippen molar-refractivity contribution in [1.29, 1.82) is 0 Å². The van der Waals surface area contributed by atoms with Gasteiger partial charge in [-0.2, -0.15) is 0 Å². The van der Waals surface area contributed by atoms with Gasteiger partial charge < -0.3 is 93.8 Å². The topological polar surface area (TPSA) is 450 Å². The summed E-state index contributed by atoms with van der Waals surface area (Å²) >= 11 is 0. The highest BCUT2D eigenvalue weighted by Gasteiger charge is 2.49. The van der Waals surface area contributed by atoms with E-state index < -0.39 is 178 Å². The number of hydrogen-bond donors (Lipinski definition) is 16. The van der Waals surface area contributed by atoms with Crippen molar-refractivity contribution in [2.75, 3.05) is 45.7 Å². The second-order valence-corrected chi connectivity index (χ2v) is 32.9. The Balaban J connectivity index is 1.02. The third kappa shape index (κ3) is 23.8. The number of ether oxygens (including phenoxy) is 2. The smallest absolute Gasteiger partial charge is 0.326 e. The van der Waals surface area contributed by atoms with E-state index in [9.17, 15) is 43.0 Å². The Morgan fingerprint density at radius 2 is 1.02 bits per heavy atom. The van der Waals surface area contributed by atoms with Crippen LogP contribution in [0.15, 0.2) is 169 Å². The van der Waals surface area contributed by atoms with Gasteiger partial charge in [0.25, 0.3) is 5.91 Å². The molecular weight excluding hydrogens is 1560 g/mol. The average molecular weight is 1670 g/mol. The van der Waals surface area contributed by atoms with Crippen molar-refractivity contribution in [3.05, 3.63) is 203 Å². The lowest BCUT2D eigenvalue weighted by molar-refractivity contribution is -0.145. The summed E-state index contributed by atoms with van der Waals surface area (Å²) in [5, 5.41) is 55.2. The Kier molecular flexibility index (Phi) is 30.2. The van der Waals surface area contributed by atoms with Gasteiger partial charge in [0.1, 0.15) is 67.0 Å². The molecule has 33 heteroatoms. The van der Waals surface area contributed by atoms with Crippen LogP contribution >= 0.6 is 0 Å². The summed E-state index contributed by atoms with van der Waals surface area (Å²) in [6, 6.07) is 26.2.